The molecular formula is C13H25NO2. The van der Waals surface area contributed by atoms with Crippen molar-refractivity contribution in [1.29, 1.82) is 0 Å². The minimum atomic E-state index is -0.0388. The second kappa shape index (κ2) is 9.40. The Morgan fingerprint density at radius 1 is 1.25 bits per heavy atom. The molecule has 0 bridgehead atoms. The maximum absolute atomic E-state index is 11.1. The molecule has 94 valence electrons. The summed E-state index contributed by atoms with van der Waals surface area (Å²) in [5, 5.41) is 2.82. The van der Waals surface area contributed by atoms with Gasteiger partial charge in [0.2, 0.25) is 5.91 Å². The van der Waals surface area contributed by atoms with Crippen molar-refractivity contribution in [3.8, 4) is 0 Å². The number of nitrogens with one attached hydrogen (secondary N) is 1. The SMILES string of the molecule is C=C(C)C(=O)NCCCCCCOC(C)C. The van der Waals surface area contributed by atoms with Crippen LogP contribution in [0.4, 0.5) is 0 Å². The van der Waals surface area contributed by atoms with Crippen LogP contribution in [0.25, 0.3) is 0 Å². The highest BCUT2D eigenvalue weighted by molar-refractivity contribution is 5.91. The molecule has 0 aromatic carbocycles. The lowest BCUT2D eigenvalue weighted by Gasteiger charge is -2.07. The minimum Gasteiger partial charge on any atom is -0.379 e. The van der Waals surface area contributed by atoms with Gasteiger partial charge in [-0.2, -0.15) is 0 Å². The Hall–Kier alpha value is -0.830. The zero-order chi connectivity index (χ0) is 12.4. The smallest absolute Gasteiger partial charge is 0.246 e. The van der Waals surface area contributed by atoms with Crippen LogP contribution < -0.4 is 5.32 Å². The van der Waals surface area contributed by atoms with Gasteiger partial charge in [0.25, 0.3) is 0 Å². The van der Waals surface area contributed by atoms with E-state index in [1.165, 1.54) is 0 Å². The van der Waals surface area contributed by atoms with Crippen LogP contribution in [0.15, 0.2) is 12.2 Å². The third-order valence-corrected chi connectivity index (χ3v) is 2.20. The molecule has 0 saturated heterocycles. The number of carbonyl (C=O) groups is 1. The quantitative estimate of drug-likeness (QED) is 0.486. The van der Waals surface area contributed by atoms with E-state index in [1.807, 2.05) is 13.8 Å². The van der Waals surface area contributed by atoms with E-state index < -0.39 is 0 Å². The average molecular weight is 227 g/mol. The molecule has 16 heavy (non-hydrogen) atoms. The molecule has 0 spiro atoms. The van der Waals surface area contributed by atoms with Gasteiger partial charge >= 0.3 is 0 Å². The molecule has 0 aliphatic heterocycles. The van der Waals surface area contributed by atoms with Gasteiger partial charge in [-0.1, -0.05) is 19.4 Å². The molecule has 0 rings (SSSR count). The Labute approximate surface area is 99.3 Å². The molecule has 0 atom stereocenters. The summed E-state index contributed by atoms with van der Waals surface area (Å²) in [4.78, 5) is 11.1. The first-order valence-electron chi connectivity index (χ1n) is 6.09. The predicted molar refractivity (Wildman–Crippen MR) is 67.4 cm³/mol. The maximum Gasteiger partial charge on any atom is 0.246 e. The molecule has 0 fully saturated rings. The van der Waals surface area contributed by atoms with Crippen molar-refractivity contribution in [1.82, 2.24) is 5.32 Å². The fraction of sp³-hybridized carbons (Fsp3) is 0.769. The van der Waals surface area contributed by atoms with Gasteiger partial charge in [-0.3, -0.25) is 4.79 Å². The molecule has 0 saturated carbocycles. The maximum atomic E-state index is 11.1. The molecule has 0 heterocycles. The van der Waals surface area contributed by atoms with Crippen LogP contribution in [0, 0.1) is 0 Å². The molecule has 3 heteroatoms. The molecule has 0 aliphatic carbocycles. The van der Waals surface area contributed by atoms with Crippen LogP contribution in [0.1, 0.15) is 46.5 Å². The van der Waals surface area contributed by atoms with Gasteiger partial charge in [0.15, 0.2) is 0 Å². The number of hydrogen-bond donors (Lipinski definition) is 1. The van der Waals surface area contributed by atoms with Crippen LogP contribution in [0.3, 0.4) is 0 Å². The van der Waals surface area contributed by atoms with E-state index in [4.69, 9.17) is 4.74 Å². The lowest BCUT2D eigenvalue weighted by Crippen LogP contribution is -2.24. The molecule has 0 unspecified atom stereocenters. The van der Waals surface area contributed by atoms with Gasteiger partial charge in [-0.15, -0.1) is 0 Å². The topological polar surface area (TPSA) is 38.3 Å². The van der Waals surface area contributed by atoms with Crippen molar-refractivity contribution in [2.75, 3.05) is 13.2 Å². The number of unbranched alkanes of at least 4 members (excludes halogenated alkanes) is 3. The Morgan fingerprint density at radius 2 is 1.88 bits per heavy atom. The van der Waals surface area contributed by atoms with Gasteiger partial charge in [-0.25, -0.2) is 0 Å². The molecule has 3 nitrogen and oxygen atoms in total. The molecule has 1 N–H and O–H groups in total. The number of amides is 1. The highest BCUT2D eigenvalue weighted by Crippen LogP contribution is 2.01. The van der Waals surface area contributed by atoms with Gasteiger partial charge in [0.05, 0.1) is 6.10 Å². The van der Waals surface area contributed by atoms with Crippen LogP contribution in [0.2, 0.25) is 0 Å². The highest BCUT2D eigenvalue weighted by atomic mass is 16.5. The minimum absolute atomic E-state index is 0.0388. The fourth-order valence-electron chi connectivity index (χ4n) is 1.25. The van der Waals surface area contributed by atoms with Crippen LogP contribution >= 0.6 is 0 Å². The van der Waals surface area contributed by atoms with E-state index in [2.05, 4.69) is 11.9 Å². The van der Waals surface area contributed by atoms with Crippen molar-refractivity contribution < 1.29 is 9.53 Å². The van der Waals surface area contributed by atoms with Gasteiger partial charge in [0.1, 0.15) is 0 Å². The van der Waals surface area contributed by atoms with Crippen molar-refractivity contribution in [2.45, 2.75) is 52.6 Å². The average Bonchev–Trinajstić information content (AvgIpc) is 2.21. The third-order valence-electron chi connectivity index (χ3n) is 2.20. The zero-order valence-electron chi connectivity index (χ0n) is 10.8. The van der Waals surface area contributed by atoms with E-state index in [-0.39, 0.29) is 5.91 Å². The number of hydrogen-bond acceptors (Lipinski definition) is 2. The van der Waals surface area contributed by atoms with E-state index >= 15 is 0 Å². The second-order valence-corrected chi connectivity index (χ2v) is 4.37. The second-order valence-electron chi connectivity index (χ2n) is 4.37. The number of carbonyl (C=O) groups excluding carboxylic acids is 1. The fourth-order valence-corrected chi connectivity index (χ4v) is 1.25. The molecule has 1 amide bonds. The first-order valence-corrected chi connectivity index (χ1v) is 6.09. The normalized spacial score (nSPS) is 10.5. The summed E-state index contributed by atoms with van der Waals surface area (Å²) in [6.07, 6.45) is 4.76. The van der Waals surface area contributed by atoms with Gasteiger partial charge < -0.3 is 10.1 Å². The molecule has 0 aromatic heterocycles. The summed E-state index contributed by atoms with van der Waals surface area (Å²) in [5.74, 6) is -0.0388. The lowest BCUT2D eigenvalue weighted by atomic mass is 10.2. The van der Waals surface area contributed by atoms with Crippen molar-refractivity contribution in [3.63, 3.8) is 0 Å². The van der Waals surface area contributed by atoms with Crippen molar-refractivity contribution in [3.05, 3.63) is 12.2 Å². The first-order chi connectivity index (χ1) is 7.54. The van der Waals surface area contributed by atoms with Crippen molar-refractivity contribution >= 4 is 5.91 Å². The van der Waals surface area contributed by atoms with E-state index in [1.54, 1.807) is 6.92 Å². The van der Waals surface area contributed by atoms with Gasteiger partial charge in [0, 0.05) is 18.7 Å². The van der Waals surface area contributed by atoms with E-state index in [0.29, 0.717) is 11.7 Å². The standard InChI is InChI=1S/C13H25NO2/c1-11(2)13(15)14-9-7-5-6-8-10-16-12(3)4/h12H,1,5-10H2,2-4H3,(H,14,15). The lowest BCUT2D eigenvalue weighted by molar-refractivity contribution is -0.117. The first kappa shape index (κ1) is 15.2. The third kappa shape index (κ3) is 9.71. The van der Waals surface area contributed by atoms with Crippen LogP contribution in [-0.2, 0) is 9.53 Å². The summed E-state index contributed by atoms with van der Waals surface area (Å²) in [6.45, 7) is 11.0. The van der Waals surface area contributed by atoms with E-state index in [9.17, 15) is 4.79 Å². The number of rotatable bonds is 9. The molecule has 0 aromatic rings. The summed E-state index contributed by atoms with van der Waals surface area (Å²) in [6, 6.07) is 0. The summed E-state index contributed by atoms with van der Waals surface area (Å²) >= 11 is 0. The largest absolute Gasteiger partial charge is 0.379 e. The molecule has 0 radical (unpaired) electrons. The van der Waals surface area contributed by atoms with Crippen LogP contribution in [0.5, 0.6) is 0 Å². The summed E-state index contributed by atoms with van der Waals surface area (Å²) in [5.41, 5.74) is 0.574. The Morgan fingerprint density at radius 3 is 2.44 bits per heavy atom. The predicted octanol–water partition coefficient (Wildman–Crippen LogP) is 2.66. The van der Waals surface area contributed by atoms with Crippen LogP contribution in [-0.4, -0.2) is 25.2 Å². The molecule has 0 aliphatic rings. The Balaban J connectivity index is 3.16. The highest BCUT2D eigenvalue weighted by Gasteiger charge is 1.99. The summed E-state index contributed by atoms with van der Waals surface area (Å²) < 4.78 is 5.44. The zero-order valence-corrected chi connectivity index (χ0v) is 10.8. The monoisotopic (exact) mass is 227 g/mol. The van der Waals surface area contributed by atoms with E-state index in [0.717, 1.165) is 38.8 Å². The Kier molecular flexibility index (Phi) is 8.91. The van der Waals surface area contributed by atoms with Crippen molar-refractivity contribution in [2.24, 2.45) is 0 Å². The molecular weight excluding hydrogens is 202 g/mol. The number of ether oxygens (including phenoxy) is 1. The Bertz CT molecular complexity index is 212. The summed E-state index contributed by atoms with van der Waals surface area (Å²) in [7, 11) is 0. The van der Waals surface area contributed by atoms with Gasteiger partial charge in [-0.05, 0) is 33.6 Å².